The fourth-order valence-corrected chi connectivity index (χ4v) is 3.83. The first-order chi connectivity index (χ1) is 11.4. The fraction of sp³-hybridized carbons (Fsp3) is 0.556. The number of phenolic OH excluding ortho intramolecular Hbond substituents is 2. The Morgan fingerprint density at radius 1 is 1.00 bits per heavy atom. The monoisotopic (exact) mass is 332 g/mol. The fourth-order valence-electron chi connectivity index (χ4n) is 3.83. The van der Waals surface area contributed by atoms with Crippen LogP contribution in [0.1, 0.15) is 60.2 Å². The minimum atomic E-state index is -0.486. The molecule has 1 heterocycles. The molecule has 1 aromatic carbocycles. The Morgan fingerprint density at radius 3 is 1.92 bits per heavy atom. The number of amides is 2. The maximum Gasteiger partial charge on any atom is 0.276 e. The zero-order valence-corrected chi connectivity index (χ0v) is 14.1. The van der Waals surface area contributed by atoms with Crippen molar-refractivity contribution in [3.63, 3.8) is 0 Å². The number of phenols is 2. The van der Waals surface area contributed by atoms with Gasteiger partial charge < -0.3 is 10.2 Å². The second-order valence-electron chi connectivity index (χ2n) is 7.32. The number of hydrogen-bond acceptors (Lipinski definition) is 5. The number of benzene rings is 1. The first-order valence-electron chi connectivity index (χ1n) is 8.55. The third-order valence-electron chi connectivity index (χ3n) is 5.14. The van der Waals surface area contributed by atoms with E-state index in [1.54, 1.807) is 0 Å². The Bertz CT molecular complexity index is 620. The zero-order valence-electron chi connectivity index (χ0n) is 14.1. The van der Waals surface area contributed by atoms with E-state index < -0.39 is 23.3 Å². The number of aromatic hydroxyl groups is 2. The molecule has 0 spiro atoms. The van der Waals surface area contributed by atoms with Crippen LogP contribution in [0.25, 0.3) is 0 Å². The van der Waals surface area contributed by atoms with E-state index in [1.807, 2.05) is 0 Å². The molecule has 2 amide bonds. The predicted molar refractivity (Wildman–Crippen MR) is 88.6 cm³/mol. The largest absolute Gasteiger partial charge is 0.504 e. The van der Waals surface area contributed by atoms with Crippen LogP contribution in [0.4, 0.5) is 0 Å². The molecule has 1 aliphatic carbocycles. The van der Waals surface area contributed by atoms with Gasteiger partial charge in [0.1, 0.15) is 0 Å². The van der Waals surface area contributed by atoms with E-state index in [-0.39, 0.29) is 11.1 Å². The van der Waals surface area contributed by atoms with Crippen LogP contribution < -0.4 is 5.43 Å². The topological polar surface area (TPSA) is 89.9 Å². The molecule has 3 rings (SSSR count). The van der Waals surface area contributed by atoms with E-state index in [2.05, 4.69) is 19.3 Å². The van der Waals surface area contributed by atoms with Crippen molar-refractivity contribution in [2.45, 2.75) is 39.5 Å². The average Bonchev–Trinajstić information content (AvgIpc) is 2.66. The lowest BCUT2D eigenvalue weighted by Crippen LogP contribution is -2.44. The molecule has 0 aromatic heterocycles. The zero-order chi connectivity index (χ0) is 17.4. The molecule has 1 unspecified atom stereocenters. The van der Waals surface area contributed by atoms with Crippen LogP contribution in [0.15, 0.2) is 12.1 Å². The van der Waals surface area contributed by atoms with Crippen molar-refractivity contribution in [2.75, 3.05) is 6.54 Å². The molecule has 0 bridgehead atoms. The van der Waals surface area contributed by atoms with Crippen molar-refractivity contribution in [1.29, 1.82) is 0 Å². The minimum Gasteiger partial charge on any atom is -0.504 e. The summed E-state index contributed by atoms with van der Waals surface area (Å²) in [5, 5.41) is 20.1. The van der Waals surface area contributed by atoms with Crippen LogP contribution in [0.5, 0.6) is 11.5 Å². The van der Waals surface area contributed by atoms with Crippen molar-refractivity contribution >= 4 is 11.8 Å². The Morgan fingerprint density at radius 2 is 1.46 bits per heavy atom. The van der Waals surface area contributed by atoms with Gasteiger partial charge >= 0.3 is 0 Å². The van der Waals surface area contributed by atoms with E-state index in [1.165, 1.54) is 12.8 Å². The van der Waals surface area contributed by atoms with Gasteiger partial charge in [-0.2, -0.15) is 0 Å². The van der Waals surface area contributed by atoms with E-state index in [0.29, 0.717) is 24.3 Å². The van der Waals surface area contributed by atoms with Gasteiger partial charge in [0, 0.05) is 6.54 Å². The summed E-state index contributed by atoms with van der Waals surface area (Å²) in [5.41, 5.74) is 3.21. The predicted octanol–water partition coefficient (Wildman–Crippen LogP) is 2.66. The quantitative estimate of drug-likeness (QED) is 0.450. The smallest absolute Gasteiger partial charge is 0.276 e. The Kier molecular flexibility index (Phi) is 4.49. The molecule has 3 N–H and O–H groups in total. The van der Waals surface area contributed by atoms with Crippen LogP contribution in [0.2, 0.25) is 0 Å². The number of hydrogen-bond donors (Lipinski definition) is 3. The highest BCUT2D eigenvalue weighted by Crippen LogP contribution is 2.34. The molecule has 1 aromatic rings. The van der Waals surface area contributed by atoms with Crippen molar-refractivity contribution in [3.05, 3.63) is 23.3 Å². The van der Waals surface area contributed by atoms with Gasteiger partial charge in [-0.3, -0.25) is 9.59 Å². The molecule has 6 nitrogen and oxygen atoms in total. The van der Waals surface area contributed by atoms with E-state index in [9.17, 15) is 19.8 Å². The third-order valence-corrected chi connectivity index (χ3v) is 5.14. The van der Waals surface area contributed by atoms with Gasteiger partial charge in [0.2, 0.25) is 0 Å². The van der Waals surface area contributed by atoms with E-state index >= 15 is 0 Å². The Hall–Kier alpha value is -2.08. The third kappa shape index (κ3) is 3.11. The second kappa shape index (κ2) is 6.43. The van der Waals surface area contributed by atoms with Gasteiger partial charge in [0.05, 0.1) is 11.1 Å². The molecule has 6 heteroatoms. The lowest BCUT2D eigenvalue weighted by atomic mass is 9.93. The summed E-state index contributed by atoms with van der Waals surface area (Å²) in [6.45, 7) is 5.06. The van der Waals surface area contributed by atoms with Crippen LogP contribution in [-0.4, -0.2) is 33.6 Å². The number of rotatable bonds is 3. The highest BCUT2D eigenvalue weighted by Gasteiger charge is 2.37. The number of hydrazine groups is 1. The first kappa shape index (κ1) is 16.8. The number of nitrogens with zero attached hydrogens (tertiary/aromatic N) is 1. The number of imide groups is 1. The average molecular weight is 332 g/mol. The highest BCUT2D eigenvalue weighted by atomic mass is 16.3. The Labute approximate surface area is 141 Å². The number of nitrogens with one attached hydrogen (secondary N) is 1. The summed E-state index contributed by atoms with van der Waals surface area (Å²) in [6.07, 6.45) is 4.62. The van der Waals surface area contributed by atoms with Crippen molar-refractivity contribution < 1.29 is 19.8 Å². The number of carbonyl (C=O) groups is 2. The molecular formula is C18H24N2O4. The van der Waals surface area contributed by atoms with Crippen LogP contribution in [0.3, 0.4) is 0 Å². The molecule has 3 atom stereocenters. The molecule has 1 fully saturated rings. The van der Waals surface area contributed by atoms with Gasteiger partial charge in [-0.25, -0.2) is 10.4 Å². The SMILES string of the molecule is C[C@@H]1CC[C@H](C)CC(CNN2C(=O)c3cc(O)c(O)cc3C2=O)C1. The van der Waals surface area contributed by atoms with Gasteiger partial charge in [0.15, 0.2) is 11.5 Å². The molecule has 130 valence electrons. The lowest BCUT2D eigenvalue weighted by Gasteiger charge is -2.22. The van der Waals surface area contributed by atoms with Gasteiger partial charge in [-0.05, 0) is 42.7 Å². The van der Waals surface area contributed by atoms with Crippen molar-refractivity contribution in [1.82, 2.24) is 10.4 Å². The summed E-state index contributed by atoms with van der Waals surface area (Å²) < 4.78 is 0. The Balaban J connectivity index is 1.70. The van der Waals surface area contributed by atoms with Gasteiger partial charge in [-0.1, -0.05) is 26.7 Å². The number of carbonyl (C=O) groups excluding carboxylic acids is 2. The van der Waals surface area contributed by atoms with E-state index in [4.69, 9.17) is 0 Å². The summed E-state index contributed by atoms with van der Waals surface area (Å²) >= 11 is 0. The van der Waals surface area contributed by atoms with Crippen LogP contribution in [-0.2, 0) is 0 Å². The molecule has 2 aliphatic rings. The molecule has 1 saturated carbocycles. The maximum atomic E-state index is 12.4. The summed E-state index contributed by atoms with van der Waals surface area (Å²) in [4.78, 5) is 24.8. The molecular weight excluding hydrogens is 308 g/mol. The first-order valence-corrected chi connectivity index (χ1v) is 8.55. The summed E-state index contributed by atoms with van der Waals surface area (Å²) in [7, 11) is 0. The highest BCUT2D eigenvalue weighted by molar-refractivity contribution is 6.21. The number of fused-ring (bicyclic) bond motifs is 1. The molecule has 0 saturated heterocycles. The second-order valence-corrected chi connectivity index (χ2v) is 7.32. The van der Waals surface area contributed by atoms with Gasteiger partial charge in [0.25, 0.3) is 11.8 Å². The normalized spacial score (nSPS) is 27.2. The molecule has 1 aliphatic heterocycles. The summed E-state index contributed by atoms with van der Waals surface area (Å²) in [5.74, 6) is -0.0503. The molecule has 24 heavy (non-hydrogen) atoms. The maximum absolute atomic E-state index is 12.4. The van der Waals surface area contributed by atoms with Crippen molar-refractivity contribution in [2.24, 2.45) is 17.8 Å². The summed E-state index contributed by atoms with van der Waals surface area (Å²) in [6, 6.07) is 2.28. The minimum absolute atomic E-state index is 0.116. The molecule has 0 radical (unpaired) electrons. The lowest BCUT2D eigenvalue weighted by molar-refractivity contribution is 0.0551. The van der Waals surface area contributed by atoms with Crippen LogP contribution >= 0.6 is 0 Å². The van der Waals surface area contributed by atoms with Crippen molar-refractivity contribution in [3.8, 4) is 11.5 Å². The van der Waals surface area contributed by atoms with Gasteiger partial charge in [-0.15, -0.1) is 0 Å². The van der Waals surface area contributed by atoms with E-state index in [0.717, 1.165) is 30.0 Å². The van der Waals surface area contributed by atoms with Crippen LogP contribution in [0, 0.1) is 17.8 Å². The standard InChI is InChI=1S/C18H24N2O4/c1-10-3-4-11(2)6-12(5-10)9-19-20-17(23)13-7-15(21)16(22)8-14(13)18(20)24/h7-8,10-12,19,21-22H,3-6,9H2,1-2H3/t10-,11+,12?.